The lowest BCUT2D eigenvalue weighted by molar-refractivity contribution is 0.0935. The van der Waals surface area contributed by atoms with Gasteiger partial charge in [0.05, 0.1) is 28.8 Å². The number of ether oxygens (including phenoxy) is 1. The fraction of sp³-hybridized carbons (Fsp3) is 0.364. The van der Waals surface area contributed by atoms with Crippen molar-refractivity contribution in [2.24, 2.45) is 5.92 Å². The van der Waals surface area contributed by atoms with Gasteiger partial charge in [-0.2, -0.15) is 0 Å². The SMILES string of the molecule is COc1ccc(S(=O)(=O)Nc2ccccc2C(=O)NCC(C)C)cc1C(=O)NC(C)C. The molecule has 0 unspecified atom stereocenters. The summed E-state index contributed by atoms with van der Waals surface area (Å²) in [6.45, 7) is 7.99. The van der Waals surface area contributed by atoms with Crippen molar-refractivity contribution < 1.29 is 22.7 Å². The topological polar surface area (TPSA) is 114 Å². The van der Waals surface area contributed by atoms with E-state index in [0.717, 1.165) is 0 Å². The largest absolute Gasteiger partial charge is 0.496 e. The first-order valence-corrected chi connectivity index (χ1v) is 11.4. The Balaban J connectivity index is 2.37. The number of amides is 2. The smallest absolute Gasteiger partial charge is 0.261 e. The summed E-state index contributed by atoms with van der Waals surface area (Å²) in [6, 6.07) is 10.2. The van der Waals surface area contributed by atoms with Crippen LogP contribution in [0.5, 0.6) is 5.75 Å². The highest BCUT2D eigenvalue weighted by Gasteiger charge is 2.22. The average molecular weight is 448 g/mol. The predicted octanol–water partition coefficient (Wildman–Crippen LogP) is 3.02. The molecule has 0 heterocycles. The van der Waals surface area contributed by atoms with Crippen LogP contribution in [-0.4, -0.2) is 39.9 Å². The number of sulfonamides is 1. The first-order valence-electron chi connectivity index (χ1n) is 9.94. The number of para-hydroxylation sites is 1. The second-order valence-corrected chi connectivity index (χ2v) is 9.43. The zero-order chi connectivity index (χ0) is 23.2. The summed E-state index contributed by atoms with van der Waals surface area (Å²) in [5.41, 5.74) is 0.452. The van der Waals surface area contributed by atoms with E-state index < -0.39 is 15.9 Å². The molecular weight excluding hydrogens is 418 g/mol. The molecule has 3 N–H and O–H groups in total. The normalized spacial score (nSPS) is 11.3. The van der Waals surface area contributed by atoms with Gasteiger partial charge in [-0.1, -0.05) is 26.0 Å². The minimum atomic E-state index is -4.08. The molecule has 0 aliphatic heterocycles. The molecule has 9 heteroatoms. The number of hydrogen-bond acceptors (Lipinski definition) is 5. The third-order valence-electron chi connectivity index (χ3n) is 4.23. The van der Waals surface area contributed by atoms with Crippen molar-refractivity contribution in [1.29, 1.82) is 0 Å². The highest BCUT2D eigenvalue weighted by molar-refractivity contribution is 7.92. The minimum Gasteiger partial charge on any atom is -0.496 e. The molecule has 2 aromatic rings. The first-order chi connectivity index (χ1) is 14.5. The highest BCUT2D eigenvalue weighted by Crippen LogP contribution is 2.25. The van der Waals surface area contributed by atoms with Crippen LogP contribution < -0.4 is 20.1 Å². The van der Waals surface area contributed by atoms with Crippen LogP contribution in [-0.2, 0) is 10.0 Å². The zero-order valence-corrected chi connectivity index (χ0v) is 19.2. The maximum atomic E-state index is 13.0. The maximum Gasteiger partial charge on any atom is 0.261 e. The molecule has 0 aromatic heterocycles. The number of benzene rings is 2. The summed E-state index contributed by atoms with van der Waals surface area (Å²) < 4.78 is 33.7. The van der Waals surface area contributed by atoms with Crippen LogP contribution >= 0.6 is 0 Å². The minimum absolute atomic E-state index is 0.0991. The summed E-state index contributed by atoms with van der Waals surface area (Å²) in [4.78, 5) is 24.9. The zero-order valence-electron chi connectivity index (χ0n) is 18.4. The lowest BCUT2D eigenvalue weighted by Crippen LogP contribution is -2.30. The van der Waals surface area contributed by atoms with Gasteiger partial charge in [0.25, 0.3) is 21.8 Å². The van der Waals surface area contributed by atoms with E-state index in [2.05, 4.69) is 15.4 Å². The summed E-state index contributed by atoms with van der Waals surface area (Å²) in [5.74, 6) is -0.316. The molecule has 0 atom stereocenters. The molecular formula is C22H29N3O5S. The highest BCUT2D eigenvalue weighted by atomic mass is 32.2. The molecule has 0 spiro atoms. The predicted molar refractivity (Wildman–Crippen MR) is 120 cm³/mol. The van der Waals surface area contributed by atoms with Crippen molar-refractivity contribution in [2.45, 2.75) is 38.6 Å². The molecule has 0 aliphatic carbocycles. The molecule has 0 saturated carbocycles. The Hall–Kier alpha value is -3.07. The van der Waals surface area contributed by atoms with Crippen molar-refractivity contribution in [3.05, 3.63) is 53.6 Å². The Morgan fingerprint density at radius 3 is 2.26 bits per heavy atom. The second kappa shape index (κ2) is 10.3. The van der Waals surface area contributed by atoms with Gasteiger partial charge in [0, 0.05) is 12.6 Å². The van der Waals surface area contributed by atoms with Gasteiger partial charge in [-0.25, -0.2) is 8.42 Å². The molecule has 2 aromatic carbocycles. The summed E-state index contributed by atoms with van der Waals surface area (Å²) in [6.07, 6.45) is 0. The number of methoxy groups -OCH3 is 1. The number of hydrogen-bond donors (Lipinski definition) is 3. The Bertz CT molecular complexity index is 1050. The summed E-state index contributed by atoms with van der Waals surface area (Å²) in [7, 11) is -2.67. The van der Waals surface area contributed by atoms with Crippen molar-refractivity contribution in [3.8, 4) is 5.75 Å². The summed E-state index contributed by atoms with van der Waals surface area (Å²) >= 11 is 0. The van der Waals surface area contributed by atoms with Gasteiger partial charge in [-0.15, -0.1) is 0 Å². The van der Waals surface area contributed by atoms with Crippen LogP contribution in [0.15, 0.2) is 47.4 Å². The van der Waals surface area contributed by atoms with Gasteiger partial charge in [0.15, 0.2) is 0 Å². The van der Waals surface area contributed by atoms with Gasteiger partial charge < -0.3 is 15.4 Å². The van der Waals surface area contributed by atoms with E-state index in [9.17, 15) is 18.0 Å². The molecule has 0 radical (unpaired) electrons. The van der Waals surface area contributed by atoms with Crippen LogP contribution in [0.3, 0.4) is 0 Å². The standard InChI is InChI=1S/C22H29N3O5S/c1-14(2)13-23-21(26)17-8-6-7-9-19(17)25-31(28,29)16-10-11-20(30-5)18(12-16)22(27)24-15(3)4/h6-12,14-15,25H,13H2,1-5H3,(H,23,26)(H,24,27). The Morgan fingerprint density at radius 2 is 1.65 bits per heavy atom. The van der Waals surface area contributed by atoms with Crippen LogP contribution in [0.4, 0.5) is 5.69 Å². The number of carbonyl (C=O) groups is 2. The molecule has 2 amide bonds. The molecule has 0 bridgehead atoms. The number of rotatable bonds is 9. The molecule has 0 fully saturated rings. The van der Waals surface area contributed by atoms with Crippen LogP contribution in [0, 0.1) is 5.92 Å². The Kier molecular flexibility index (Phi) is 8.04. The van der Waals surface area contributed by atoms with E-state index in [1.807, 2.05) is 13.8 Å². The van der Waals surface area contributed by atoms with E-state index >= 15 is 0 Å². The van der Waals surface area contributed by atoms with E-state index in [1.165, 1.54) is 31.4 Å². The van der Waals surface area contributed by atoms with Gasteiger partial charge >= 0.3 is 0 Å². The molecule has 8 nitrogen and oxygen atoms in total. The second-order valence-electron chi connectivity index (χ2n) is 7.75. The monoisotopic (exact) mass is 447 g/mol. The third kappa shape index (κ3) is 6.45. The van der Waals surface area contributed by atoms with Gasteiger partial charge in [0.1, 0.15) is 5.75 Å². The lowest BCUT2D eigenvalue weighted by atomic mass is 10.1. The average Bonchev–Trinajstić information content (AvgIpc) is 2.71. The van der Waals surface area contributed by atoms with Crippen LogP contribution in [0.1, 0.15) is 48.4 Å². The third-order valence-corrected chi connectivity index (χ3v) is 5.60. The molecule has 0 aliphatic rings. The van der Waals surface area contributed by atoms with E-state index in [-0.39, 0.29) is 45.3 Å². The van der Waals surface area contributed by atoms with E-state index in [1.54, 1.807) is 32.0 Å². The van der Waals surface area contributed by atoms with Crippen LogP contribution in [0.2, 0.25) is 0 Å². The van der Waals surface area contributed by atoms with Crippen LogP contribution in [0.25, 0.3) is 0 Å². The van der Waals surface area contributed by atoms with Gasteiger partial charge in [-0.05, 0) is 50.1 Å². The molecule has 0 saturated heterocycles. The van der Waals surface area contributed by atoms with Crippen molar-refractivity contribution >= 4 is 27.5 Å². The van der Waals surface area contributed by atoms with Crippen molar-refractivity contribution in [1.82, 2.24) is 10.6 Å². The number of nitrogens with one attached hydrogen (secondary N) is 3. The van der Waals surface area contributed by atoms with E-state index in [4.69, 9.17) is 4.74 Å². The van der Waals surface area contributed by atoms with Crippen molar-refractivity contribution in [3.63, 3.8) is 0 Å². The number of carbonyl (C=O) groups excluding carboxylic acids is 2. The van der Waals surface area contributed by atoms with Gasteiger partial charge in [-0.3, -0.25) is 14.3 Å². The van der Waals surface area contributed by atoms with E-state index in [0.29, 0.717) is 6.54 Å². The first kappa shape index (κ1) is 24.2. The Labute approximate surface area is 183 Å². The fourth-order valence-corrected chi connectivity index (χ4v) is 3.84. The Morgan fingerprint density at radius 1 is 0.968 bits per heavy atom. The summed E-state index contributed by atoms with van der Waals surface area (Å²) in [5, 5.41) is 5.50. The fourth-order valence-electron chi connectivity index (χ4n) is 2.74. The molecule has 2 rings (SSSR count). The lowest BCUT2D eigenvalue weighted by Gasteiger charge is -2.15. The van der Waals surface area contributed by atoms with Gasteiger partial charge in [0.2, 0.25) is 0 Å². The molecule has 168 valence electrons. The number of anilines is 1. The van der Waals surface area contributed by atoms with Crippen molar-refractivity contribution in [2.75, 3.05) is 18.4 Å². The molecule has 31 heavy (non-hydrogen) atoms. The quantitative estimate of drug-likeness (QED) is 0.547. The maximum absolute atomic E-state index is 13.0.